The number of nitrogens with zero attached hydrogens (tertiary/aromatic N) is 2. The molecule has 1 aliphatic heterocycles. The molecule has 2 heterocycles. The number of aromatic nitrogens is 1. The summed E-state index contributed by atoms with van der Waals surface area (Å²) in [6.45, 7) is -1.75. The summed E-state index contributed by atoms with van der Waals surface area (Å²) >= 11 is 0. The predicted octanol–water partition coefficient (Wildman–Crippen LogP) is 4.89. The highest BCUT2D eigenvalue weighted by molar-refractivity contribution is 5.89. The molecule has 0 spiro atoms. The van der Waals surface area contributed by atoms with Gasteiger partial charge in [-0.15, -0.1) is 0 Å². The Bertz CT molecular complexity index is 1090. The van der Waals surface area contributed by atoms with E-state index in [1.54, 1.807) is 48.8 Å². The first-order chi connectivity index (χ1) is 16.0. The molecule has 0 radical (unpaired) electrons. The molecule has 0 saturated carbocycles. The molecular formula is C24H22F2N2O5. The van der Waals surface area contributed by atoms with Crippen molar-refractivity contribution in [3.63, 3.8) is 0 Å². The number of ether oxygens (including phenoxy) is 3. The summed E-state index contributed by atoms with van der Waals surface area (Å²) in [7, 11) is 0. The van der Waals surface area contributed by atoms with Crippen molar-refractivity contribution in [1.29, 1.82) is 0 Å². The Hall–Kier alpha value is -3.72. The Labute approximate surface area is 189 Å². The Kier molecular flexibility index (Phi) is 6.99. The fourth-order valence-electron chi connectivity index (χ4n) is 3.55. The van der Waals surface area contributed by atoms with Gasteiger partial charge in [-0.2, -0.15) is 8.78 Å². The molecule has 33 heavy (non-hydrogen) atoms. The van der Waals surface area contributed by atoms with Crippen molar-refractivity contribution in [2.24, 2.45) is 0 Å². The lowest BCUT2D eigenvalue weighted by Crippen LogP contribution is -2.19. The molecule has 172 valence electrons. The smallest absolute Gasteiger partial charge is 0.387 e. The lowest BCUT2D eigenvalue weighted by atomic mass is 10.1. The molecular weight excluding hydrogens is 434 g/mol. The first-order valence-electron chi connectivity index (χ1n) is 10.3. The fraction of sp³-hybridized carbons (Fsp3) is 0.250. The number of carboxylic acids is 1. The van der Waals surface area contributed by atoms with Crippen LogP contribution in [0.2, 0.25) is 0 Å². The van der Waals surface area contributed by atoms with Crippen LogP contribution in [0.1, 0.15) is 22.3 Å². The van der Waals surface area contributed by atoms with Gasteiger partial charge in [0.15, 0.2) is 11.5 Å². The van der Waals surface area contributed by atoms with Gasteiger partial charge in [0, 0.05) is 42.8 Å². The molecule has 1 fully saturated rings. The van der Waals surface area contributed by atoms with Crippen molar-refractivity contribution in [2.45, 2.75) is 25.7 Å². The molecule has 3 aromatic rings. The van der Waals surface area contributed by atoms with Crippen LogP contribution in [0, 0.1) is 0 Å². The van der Waals surface area contributed by atoms with Crippen LogP contribution in [0.3, 0.4) is 0 Å². The quantitative estimate of drug-likeness (QED) is 0.491. The van der Waals surface area contributed by atoms with E-state index in [2.05, 4.69) is 9.72 Å². The van der Waals surface area contributed by atoms with Gasteiger partial charge in [-0.25, -0.2) is 4.79 Å². The van der Waals surface area contributed by atoms with Gasteiger partial charge < -0.3 is 24.2 Å². The van der Waals surface area contributed by atoms with Crippen molar-refractivity contribution in [3.8, 4) is 11.5 Å². The van der Waals surface area contributed by atoms with Gasteiger partial charge in [0.25, 0.3) is 0 Å². The van der Waals surface area contributed by atoms with Crippen LogP contribution in [-0.4, -0.2) is 42.0 Å². The molecule has 1 aromatic heterocycles. The molecule has 4 rings (SSSR count). The number of carbonyl (C=O) groups is 1. The maximum Gasteiger partial charge on any atom is 0.387 e. The van der Waals surface area contributed by atoms with E-state index < -0.39 is 12.6 Å². The zero-order chi connectivity index (χ0) is 23.2. The maximum atomic E-state index is 13.0. The van der Waals surface area contributed by atoms with E-state index in [0.717, 1.165) is 5.56 Å². The molecule has 2 aromatic carbocycles. The first kappa shape index (κ1) is 22.5. The third-order valence-corrected chi connectivity index (χ3v) is 5.10. The zero-order valence-corrected chi connectivity index (χ0v) is 17.6. The van der Waals surface area contributed by atoms with Crippen LogP contribution < -0.4 is 14.4 Å². The standard InChI is InChI=1S/C24H22F2N2O5/c25-24(26)33-21-7-6-19(12-22(21)32-20-8-10-31-15-20)28(14-16-3-2-9-27-13-16)18-5-1-4-17(11-18)23(29)30/h1-7,9,11-13,20,24H,8,10,14-15H2,(H,29,30). The van der Waals surface area contributed by atoms with E-state index in [4.69, 9.17) is 9.47 Å². The van der Waals surface area contributed by atoms with Crippen molar-refractivity contribution in [1.82, 2.24) is 4.98 Å². The van der Waals surface area contributed by atoms with Crippen molar-refractivity contribution in [2.75, 3.05) is 18.1 Å². The predicted molar refractivity (Wildman–Crippen MR) is 116 cm³/mol. The Morgan fingerprint density at radius 1 is 1.15 bits per heavy atom. The summed E-state index contributed by atoms with van der Waals surface area (Å²) in [5.41, 5.74) is 2.21. The number of hydrogen-bond donors (Lipinski definition) is 1. The van der Waals surface area contributed by atoms with Crippen LogP contribution in [-0.2, 0) is 11.3 Å². The molecule has 0 bridgehead atoms. The Morgan fingerprint density at radius 2 is 2.00 bits per heavy atom. The van der Waals surface area contributed by atoms with Gasteiger partial charge in [-0.05, 0) is 42.0 Å². The van der Waals surface area contributed by atoms with Crippen molar-refractivity contribution < 1.29 is 32.9 Å². The van der Waals surface area contributed by atoms with E-state index in [-0.39, 0.29) is 23.2 Å². The molecule has 7 nitrogen and oxygen atoms in total. The number of rotatable bonds is 9. The molecule has 0 aliphatic carbocycles. The average molecular weight is 456 g/mol. The second kappa shape index (κ2) is 10.3. The largest absolute Gasteiger partial charge is 0.484 e. The maximum absolute atomic E-state index is 13.0. The molecule has 1 unspecified atom stereocenters. The number of anilines is 2. The van der Waals surface area contributed by atoms with Gasteiger partial charge >= 0.3 is 12.6 Å². The van der Waals surface area contributed by atoms with Gasteiger partial charge in [0.2, 0.25) is 0 Å². The average Bonchev–Trinajstić information content (AvgIpc) is 3.32. The third-order valence-electron chi connectivity index (χ3n) is 5.10. The third kappa shape index (κ3) is 5.75. The van der Waals surface area contributed by atoms with Crippen LogP contribution in [0.5, 0.6) is 11.5 Å². The SMILES string of the molecule is O=C(O)c1cccc(N(Cc2cccnc2)c2ccc(OC(F)F)c(OC3CCOC3)c2)c1. The second-order valence-electron chi connectivity index (χ2n) is 7.42. The van der Waals surface area contributed by atoms with Crippen LogP contribution in [0.25, 0.3) is 0 Å². The number of aromatic carboxylic acids is 1. The van der Waals surface area contributed by atoms with E-state index >= 15 is 0 Å². The number of benzene rings is 2. The van der Waals surface area contributed by atoms with Gasteiger partial charge in [-0.1, -0.05) is 12.1 Å². The number of pyridine rings is 1. The van der Waals surface area contributed by atoms with Crippen LogP contribution >= 0.6 is 0 Å². The van der Waals surface area contributed by atoms with Gasteiger partial charge in [0.1, 0.15) is 6.10 Å². The molecule has 1 aliphatic rings. The number of halogens is 2. The Balaban J connectivity index is 1.74. The van der Waals surface area contributed by atoms with E-state index in [1.807, 2.05) is 11.0 Å². The minimum atomic E-state index is -3.00. The minimum Gasteiger partial charge on any atom is -0.484 e. The summed E-state index contributed by atoms with van der Waals surface area (Å²) in [4.78, 5) is 17.5. The molecule has 1 saturated heterocycles. The van der Waals surface area contributed by atoms with Crippen molar-refractivity contribution >= 4 is 17.3 Å². The molecule has 1 atom stereocenters. The van der Waals surface area contributed by atoms with Gasteiger partial charge in [0.05, 0.1) is 18.8 Å². The lowest BCUT2D eigenvalue weighted by Gasteiger charge is -2.27. The second-order valence-corrected chi connectivity index (χ2v) is 7.42. The fourth-order valence-corrected chi connectivity index (χ4v) is 3.55. The molecule has 0 amide bonds. The minimum absolute atomic E-state index is 0.0822. The van der Waals surface area contributed by atoms with Gasteiger partial charge in [-0.3, -0.25) is 4.98 Å². The normalized spacial score (nSPS) is 15.4. The molecule has 9 heteroatoms. The lowest BCUT2D eigenvalue weighted by molar-refractivity contribution is -0.0520. The zero-order valence-electron chi connectivity index (χ0n) is 17.6. The highest BCUT2D eigenvalue weighted by Crippen LogP contribution is 2.38. The van der Waals surface area contributed by atoms with Crippen molar-refractivity contribution in [3.05, 3.63) is 78.1 Å². The summed E-state index contributed by atoms with van der Waals surface area (Å²) in [5, 5.41) is 9.43. The highest BCUT2D eigenvalue weighted by atomic mass is 19.3. The molecule has 1 N–H and O–H groups in total. The topological polar surface area (TPSA) is 81.1 Å². The summed E-state index contributed by atoms with van der Waals surface area (Å²) in [6, 6.07) is 14.8. The number of alkyl halides is 2. The Morgan fingerprint density at radius 3 is 2.70 bits per heavy atom. The number of carboxylic acid groups (broad SMARTS) is 1. The summed E-state index contributed by atoms with van der Waals surface area (Å²) in [5.74, 6) is -0.973. The van der Waals surface area contributed by atoms with Crippen LogP contribution in [0.15, 0.2) is 67.0 Å². The van der Waals surface area contributed by atoms with Crippen LogP contribution in [0.4, 0.5) is 20.2 Å². The highest BCUT2D eigenvalue weighted by Gasteiger charge is 2.22. The monoisotopic (exact) mass is 456 g/mol. The summed E-state index contributed by atoms with van der Waals surface area (Å²) < 4.78 is 41.9. The number of hydrogen-bond acceptors (Lipinski definition) is 6. The van der Waals surface area contributed by atoms with E-state index in [9.17, 15) is 18.7 Å². The van der Waals surface area contributed by atoms with E-state index in [0.29, 0.717) is 37.6 Å². The van der Waals surface area contributed by atoms with E-state index in [1.165, 1.54) is 12.1 Å². The summed E-state index contributed by atoms with van der Waals surface area (Å²) in [6.07, 6.45) is 3.72. The first-order valence-corrected chi connectivity index (χ1v) is 10.3.